The number of aliphatic hydroxyl groups is 13. The van der Waals surface area contributed by atoms with Crippen LogP contribution in [0.4, 0.5) is 0 Å². The molecule has 3 amide bonds. The molecule has 0 bridgehead atoms. The molecule has 0 aromatic heterocycles. The van der Waals surface area contributed by atoms with E-state index in [-0.39, 0.29) is 12.3 Å². The summed E-state index contributed by atoms with van der Waals surface area (Å²) in [6.45, 7) is 1.66. The van der Waals surface area contributed by atoms with Crippen LogP contribution >= 0.6 is 0 Å². The molecular weight excluding hydrogens is 1190 g/mol. The molecule has 4 heterocycles. The quantitative estimate of drug-likeness (QED) is 0.0252. The van der Waals surface area contributed by atoms with Crippen LogP contribution in [0.2, 0.25) is 0 Å². The lowest BCUT2D eigenvalue weighted by Crippen LogP contribution is -2.72. The summed E-state index contributed by atoms with van der Waals surface area (Å²) >= 11 is 0. The Kier molecular flexibility index (Phi) is 36.6. The van der Waals surface area contributed by atoms with Crippen LogP contribution in [0.3, 0.4) is 0 Å². The van der Waals surface area contributed by atoms with Gasteiger partial charge in [0.25, 0.3) is 5.79 Å². The Morgan fingerprint density at radius 2 is 1.08 bits per heavy atom. The van der Waals surface area contributed by atoms with Crippen LogP contribution in [-0.4, -0.2) is 269 Å². The van der Waals surface area contributed by atoms with Crippen molar-refractivity contribution in [2.75, 3.05) is 33.0 Å². The fourth-order valence-corrected chi connectivity index (χ4v) is 11.8. The molecule has 1 unspecified atom stereocenters. The molecule has 0 aromatic rings. The number of aliphatic carboxylic acids is 1. The summed E-state index contributed by atoms with van der Waals surface area (Å²) in [6.07, 6.45) is -12.7. The highest BCUT2D eigenvalue weighted by Gasteiger charge is 2.61. The number of rotatable bonds is 43. The van der Waals surface area contributed by atoms with Crippen LogP contribution < -0.4 is 16.0 Å². The van der Waals surface area contributed by atoms with Gasteiger partial charge in [0, 0.05) is 26.7 Å². The molecule has 0 aromatic carbocycles. The van der Waals surface area contributed by atoms with Gasteiger partial charge in [0.1, 0.15) is 91.5 Å². The smallest absolute Gasteiger partial charge is 0.364 e. The number of carboxylic acid groups (broad SMARTS) is 1. The molecule has 4 aliphatic heterocycles. The normalized spacial score (nSPS) is 33.7. The van der Waals surface area contributed by atoms with E-state index >= 15 is 0 Å². The van der Waals surface area contributed by atoms with Crippen molar-refractivity contribution in [3.63, 3.8) is 0 Å². The lowest BCUT2D eigenvalue weighted by atomic mass is 9.88. The highest BCUT2D eigenvalue weighted by atomic mass is 16.8. The molecular formula is C61H109N3O26. The third-order valence-corrected chi connectivity index (χ3v) is 17.0. The van der Waals surface area contributed by atoms with Crippen LogP contribution in [0.5, 0.6) is 0 Å². The number of aliphatic hydroxyl groups excluding tert-OH is 13. The first-order chi connectivity index (χ1) is 43.0. The van der Waals surface area contributed by atoms with Crippen molar-refractivity contribution < 1.29 is 129 Å². The number of hydrogen-bond donors (Lipinski definition) is 17. The van der Waals surface area contributed by atoms with Crippen molar-refractivity contribution >= 4 is 23.7 Å². The van der Waals surface area contributed by atoms with Crippen LogP contribution in [0.15, 0.2) is 12.2 Å². The maximum absolute atomic E-state index is 13.5. The van der Waals surface area contributed by atoms with Gasteiger partial charge in [0.2, 0.25) is 17.7 Å². The second-order valence-electron chi connectivity index (χ2n) is 24.3. The monoisotopic (exact) mass is 1300 g/mol. The van der Waals surface area contributed by atoms with E-state index in [0.29, 0.717) is 12.8 Å². The van der Waals surface area contributed by atoms with Crippen LogP contribution in [0.1, 0.15) is 175 Å². The van der Waals surface area contributed by atoms with Crippen molar-refractivity contribution in [3.05, 3.63) is 12.2 Å². The predicted molar refractivity (Wildman–Crippen MR) is 318 cm³/mol. The maximum Gasteiger partial charge on any atom is 0.364 e. The summed E-state index contributed by atoms with van der Waals surface area (Å²) in [5.41, 5.74) is 0. The average molecular weight is 1300 g/mol. The Morgan fingerprint density at radius 1 is 0.578 bits per heavy atom. The van der Waals surface area contributed by atoms with Crippen molar-refractivity contribution in [2.45, 2.75) is 316 Å². The number of carbonyl (C=O) groups excluding carboxylic acids is 3. The van der Waals surface area contributed by atoms with E-state index in [4.69, 9.17) is 37.9 Å². The Balaban J connectivity index is 1.60. The van der Waals surface area contributed by atoms with Gasteiger partial charge in [-0.1, -0.05) is 142 Å². The third kappa shape index (κ3) is 24.2. The summed E-state index contributed by atoms with van der Waals surface area (Å²) in [5.74, 6) is -7.37. The van der Waals surface area contributed by atoms with E-state index in [9.17, 15) is 90.7 Å². The third-order valence-electron chi connectivity index (χ3n) is 17.0. The second-order valence-corrected chi connectivity index (χ2v) is 24.3. The molecule has 4 fully saturated rings. The number of amides is 3. The first-order valence-electron chi connectivity index (χ1n) is 32.6. The predicted octanol–water partition coefficient (Wildman–Crippen LogP) is -1.21. The minimum atomic E-state index is -3.28. The van der Waals surface area contributed by atoms with Gasteiger partial charge >= 0.3 is 5.97 Å². The fraction of sp³-hybridized carbons (Fsp3) is 0.902. The van der Waals surface area contributed by atoms with Gasteiger partial charge in [-0.3, -0.25) is 14.4 Å². The number of unbranched alkanes of at least 4 members (excludes halogenated alkanes) is 19. The Morgan fingerprint density at radius 3 is 1.61 bits per heavy atom. The first-order valence-corrected chi connectivity index (χ1v) is 32.6. The standard InChI is InChI=1S/C61H109N3O26/c1-5-7-9-11-13-15-16-17-18-20-21-23-25-27-38(71)37(64-44(74)28-26-24-22-19-14-12-10-8-6-2)34-83-58-51(79)50(78)53(42(32-67)85-58)87-59-52(80)56(54(43(33-68)86-59)88-57-46(63-36(4)70)49(77)48(76)41(31-66)84-57)90-61(60(81)82)29-39(72)45(62-35(3)69)55(89-61)47(75)40(73)30-65/h25,27,37-43,45-59,65-68,71-73,75-80H,5-24,26,28-34H2,1-4H3,(H,62,69)(H,63,70)(H,64,74)(H,81,82)/b27-25+/t37-,38+,39-,40+,41+,42+,43+,45+,46+,47+,48-,49+,50+,51+,52+,53+,54-,55?,56+,57-,58+,59-,61-/m0/s1. The zero-order chi connectivity index (χ0) is 66.5. The van der Waals surface area contributed by atoms with Crippen LogP contribution in [0, 0.1) is 0 Å². The van der Waals surface area contributed by atoms with Gasteiger partial charge in [-0.15, -0.1) is 0 Å². The largest absolute Gasteiger partial charge is 0.477 e. The summed E-state index contributed by atoms with van der Waals surface area (Å²) in [4.78, 5) is 51.7. The van der Waals surface area contributed by atoms with Gasteiger partial charge in [-0.05, 0) is 19.3 Å². The molecule has 0 spiro atoms. The van der Waals surface area contributed by atoms with E-state index < -0.39 is 198 Å². The zero-order valence-electron chi connectivity index (χ0n) is 52.8. The van der Waals surface area contributed by atoms with Crippen LogP contribution in [0.25, 0.3) is 0 Å². The van der Waals surface area contributed by atoms with E-state index in [2.05, 4.69) is 29.8 Å². The Labute approximate surface area is 527 Å². The van der Waals surface area contributed by atoms with Gasteiger partial charge in [0.05, 0.1) is 57.3 Å². The Hall–Kier alpha value is -3.22. The summed E-state index contributed by atoms with van der Waals surface area (Å²) in [6, 6.07) is -4.51. The van der Waals surface area contributed by atoms with E-state index in [1.54, 1.807) is 6.08 Å². The molecule has 4 rings (SSSR count). The van der Waals surface area contributed by atoms with E-state index in [1.807, 2.05) is 6.08 Å². The van der Waals surface area contributed by atoms with E-state index in [1.165, 1.54) is 57.8 Å². The lowest BCUT2D eigenvalue weighted by Gasteiger charge is -2.52. The van der Waals surface area contributed by atoms with Gasteiger partial charge in [0.15, 0.2) is 18.9 Å². The molecule has 90 heavy (non-hydrogen) atoms. The molecule has 29 nitrogen and oxygen atoms in total. The van der Waals surface area contributed by atoms with Crippen molar-refractivity contribution in [3.8, 4) is 0 Å². The molecule has 4 aliphatic rings. The molecule has 0 radical (unpaired) electrons. The number of carbonyl (C=O) groups is 4. The summed E-state index contributed by atoms with van der Waals surface area (Å²) < 4.78 is 47.7. The van der Waals surface area contributed by atoms with E-state index in [0.717, 1.165) is 78.1 Å². The lowest BCUT2D eigenvalue weighted by molar-refractivity contribution is -0.401. The SMILES string of the molecule is CCCCCCCCCCCCC/C=C/[C@@H](O)[C@H](CO[C@@H]1O[C@H](CO)[C@@H](O[C@@H]2O[C@H](CO)[C@H](O[C@@H]3O[C@H](CO)[C@H](O)[C@H](O)[C@H]3NC(C)=O)[C@H](O[C@]3(C(=O)O)C[C@H](O)[C@@H](NC(C)=O)C([C@H](O)[C@H](O)CO)O3)[C@H]2O)[C@H](O)[C@H]1O)NC(=O)CCCCCCCCCCC. The summed E-state index contributed by atoms with van der Waals surface area (Å²) in [7, 11) is 0. The minimum Gasteiger partial charge on any atom is -0.477 e. The molecule has 23 atom stereocenters. The minimum absolute atomic E-state index is 0.159. The topological polar surface area (TPSA) is 461 Å². The number of ether oxygens (including phenoxy) is 8. The summed E-state index contributed by atoms with van der Waals surface area (Å²) in [5, 5.41) is 162. The van der Waals surface area contributed by atoms with Crippen LogP contribution in [-0.2, 0) is 57.1 Å². The van der Waals surface area contributed by atoms with Crippen molar-refractivity contribution in [1.29, 1.82) is 0 Å². The second kappa shape index (κ2) is 41.6. The Bertz CT molecular complexity index is 2070. The molecule has 4 saturated heterocycles. The highest BCUT2D eigenvalue weighted by molar-refractivity contribution is 5.77. The molecule has 0 saturated carbocycles. The maximum atomic E-state index is 13.5. The molecule has 17 N–H and O–H groups in total. The zero-order valence-corrected chi connectivity index (χ0v) is 52.8. The number of hydrogen-bond acceptors (Lipinski definition) is 25. The van der Waals surface area contributed by atoms with Gasteiger partial charge in [-0.25, -0.2) is 4.79 Å². The van der Waals surface area contributed by atoms with Gasteiger partial charge < -0.3 is 125 Å². The molecule has 524 valence electrons. The van der Waals surface area contributed by atoms with Gasteiger partial charge in [-0.2, -0.15) is 0 Å². The average Bonchev–Trinajstić information content (AvgIpc) is 0.807. The fourth-order valence-electron chi connectivity index (χ4n) is 11.8. The van der Waals surface area contributed by atoms with Crippen molar-refractivity contribution in [2.24, 2.45) is 0 Å². The first kappa shape index (κ1) is 79.2. The molecule has 0 aliphatic carbocycles. The number of nitrogens with one attached hydrogen (secondary N) is 3. The molecule has 29 heteroatoms. The van der Waals surface area contributed by atoms with Crippen molar-refractivity contribution in [1.82, 2.24) is 16.0 Å². The highest BCUT2D eigenvalue weighted by Crippen LogP contribution is 2.40. The number of carboxylic acids is 1. The number of allylic oxidation sites excluding steroid dienone is 1.